The van der Waals surface area contributed by atoms with Crippen molar-refractivity contribution in [3.63, 3.8) is 0 Å². The zero-order chi connectivity index (χ0) is 16.3. The van der Waals surface area contributed by atoms with Gasteiger partial charge in [0.25, 0.3) is 11.6 Å². The number of hydrogen-bond donors (Lipinski definition) is 1. The van der Waals surface area contributed by atoms with E-state index in [4.69, 9.17) is 9.47 Å². The molecule has 1 N–H and O–H groups in total. The summed E-state index contributed by atoms with van der Waals surface area (Å²) < 4.78 is 10.1. The maximum Gasteiger partial charge on any atom is 0.309 e. The van der Waals surface area contributed by atoms with Crippen LogP contribution in [0.25, 0.3) is 0 Å². The van der Waals surface area contributed by atoms with E-state index in [2.05, 4.69) is 5.32 Å². The Kier molecular flexibility index (Phi) is 4.59. The molecular weight excluding hydrogens is 292 g/mol. The van der Waals surface area contributed by atoms with Gasteiger partial charge < -0.3 is 14.8 Å². The van der Waals surface area contributed by atoms with E-state index >= 15 is 0 Å². The molecule has 1 amide bonds. The average Bonchev–Trinajstić information content (AvgIpc) is 3.31. The van der Waals surface area contributed by atoms with Crippen LogP contribution in [0.4, 0.5) is 11.4 Å². The Labute approximate surface area is 126 Å². The summed E-state index contributed by atoms with van der Waals surface area (Å²) in [5.74, 6) is -0.841. The Morgan fingerprint density at radius 3 is 2.64 bits per heavy atom. The third-order valence-corrected chi connectivity index (χ3v) is 3.23. The molecule has 22 heavy (non-hydrogen) atoms. The summed E-state index contributed by atoms with van der Waals surface area (Å²) in [7, 11) is 1.34. The van der Waals surface area contributed by atoms with Gasteiger partial charge in [0.15, 0.2) is 6.10 Å². The number of anilines is 1. The third-order valence-electron chi connectivity index (χ3n) is 3.23. The zero-order valence-electron chi connectivity index (χ0n) is 12.2. The van der Waals surface area contributed by atoms with Gasteiger partial charge in [-0.05, 0) is 25.8 Å². The summed E-state index contributed by atoms with van der Waals surface area (Å²) in [4.78, 5) is 33.7. The minimum Gasteiger partial charge on any atom is -0.494 e. The van der Waals surface area contributed by atoms with Crippen LogP contribution in [0, 0.1) is 16.0 Å². The Balaban J connectivity index is 2.03. The van der Waals surface area contributed by atoms with E-state index < -0.39 is 16.9 Å². The first-order valence-corrected chi connectivity index (χ1v) is 6.76. The van der Waals surface area contributed by atoms with Crippen LogP contribution < -0.4 is 10.1 Å². The molecule has 0 radical (unpaired) electrons. The van der Waals surface area contributed by atoms with Crippen LogP contribution in [0.15, 0.2) is 18.2 Å². The lowest BCUT2D eigenvalue weighted by atomic mass is 10.2. The number of ether oxygens (including phenoxy) is 2. The fraction of sp³-hybridized carbons (Fsp3) is 0.429. The number of carbonyl (C=O) groups excluding carboxylic acids is 2. The lowest BCUT2D eigenvalue weighted by molar-refractivity contribution is -0.384. The van der Waals surface area contributed by atoms with Crippen molar-refractivity contribution in [3.05, 3.63) is 28.3 Å². The van der Waals surface area contributed by atoms with Crippen LogP contribution in [0.5, 0.6) is 5.75 Å². The largest absolute Gasteiger partial charge is 0.494 e. The highest BCUT2D eigenvalue weighted by Gasteiger charge is 2.33. The Hall–Kier alpha value is -2.64. The van der Waals surface area contributed by atoms with Crippen molar-refractivity contribution in [3.8, 4) is 5.75 Å². The second-order valence-electron chi connectivity index (χ2n) is 4.98. The molecule has 1 saturated carbocycles. The number of rotatable bonds is 6. The van der Waals surface area contributed by atoms with Gasteiger partial charge in [-0.1, -0.05) is 0 Å². The van der Waals surface area contributed by atoms with E-state index in [-0.39, 0.29) is 29.0 Å². The lowest BCUT2D eigenvalue weighted by Gasteiger charge is -2.15. The van der Waals surface area contributed by atoms with Crippen LogP contribution in [-0.2, 0) is 14.3 Å². The van der Waals surface area contributed by atoms with Crippen molar-refractivity contribution in [2.75, 3.05) is 12.4 Å². The highest BCUT2D eigenvalue weighted by molar-refractivity contribution is 5.96. The molecule has 0 heterocycles. The van der Waals surface area contributed by atoms with E-state index in [0.717, 1.165) is 12.8 Å². The van der Waals surface area contributed by atoms with Crippen LogP contribution in [0.2, 0.25) is 0 Å². The lowest BCUT2D eigenvalue weighted by Crippen LogP contribution is -2.30. The zero-order valence-corrected chi connectivity index (χ0v) is 12.2. The first-order valence-electron chi connectivity index (χ1n) is 6.76. The summed E-state index contributed by atoms with van der Waals surface area (Å²) in [5, 5.41) is 13.2. The summed E-state index contributed by atoms with van der Waals surface area (Å²) >= 11 is 0. The van der Waals surface area contributed by atoms with E-state index in [1.54, 1.807) is 0 Å². The maximum absolute atomic E-state index is 12.0. The second kappa shape index (κ2) is 6.42. The molecular formula is C14H16N2O6. The van der Waals surface area contributed by atoms with Gasteiger partial charge in [0.05, 0.1) is 29.7 Å². The minimum absolute atomic E-state index is 0.0934. The number of methoxy groups -OCH3 is 1. The number of hydrogen-bond acceptors (Lipinski definition) is 6. The molecule has 1 aromatic rings. The summed E-state index contributed by atoms with van der Waals surface area (Å²) in [6.07, 6.45) is 0.639. The van der Waals surface area contributed by atoms with Gasteiger partial charge in [-0.3, -0.25) is 19.7 Å². The van der Waals surface area contributed by atoms with Gasteiger partial charge in [0.2, 0.25) is 0 Å². The van der Waals surface area contributed by atoms with Gasteiger partial charge in [0, 0.05) is 6.07 Å². The van der Waals surface area contributed by atoms with Gasteiger partial charge in [-0.2, -0.15) is 0 Å². The Morgan fingerprint density at radius 2 is 2.09 bits per heavy atom. The van der Waals surface area contributed by atoms with Crippen molar-refractivity contribution in [2.24, 2.45) is 5.92 Å². The van der Waals surface area contributed by atoms with Gasteiger partial charge in [-0.15, -0.1) is 0 Å². The molecule has 0 unspecified atom stereocenters. The summed E-state index contributed by atoms with van der Waals surface area (Å²) in [6.45, 7) is 1.47. The monoisotopic (exact) mass is 308 g/mol. The molecule has 1 aliphatic rings. The summed E-state index contributed by atoms with van der Waals surface area (Å²) in [6, 6.07) is 3.82. The molecule has 1 aliphatic carbocycles. The number of non-ortho nitro benzene ring substituents is 1. The van der Waals surface area contributed by atoms with Crippen molar-refractivity contribution >= 4 is 23.3 Å². The van der Waals surface area contributed by atoms with Gasteiger partial charge in [-0.25, -0.2) is 0 Å². The van der Waals surface area contributed by atoms with Gasteiger partial charge in [0.1, 0.15) is 5.75 Å². The molecule has 0 aromatic heterocycles. The highest BCUT2D eigenvalue weighted by atomic mass is 16.6. The number of benzene rings is 1. The molecule has 0 aliphatic heterocycles. The highest BCUT2D eigenvalue weighted by Crippen LogP contribution is 2.31. The quantitative estimate of drug-likeness (QED) is 0.488. The van der Waals surface area contributed by atoms with E-state index in [1.165, 1.54) is 32.2 Å². The van der Waals surface area contributed by atoms with Crippen LogP contribution >= 0.6 is 0 Å². The van der Waals surface area contributed by atoms with Crippen molar-refractivity contribution < 1.29 is 24.0 Å². The molecule has 1 atom stereocenters. The molecule has 1 aromatic carbocycles. The van der Waals surface area contributed by atoms with Crippen LogP contribution in [0.3, 0.4) is 0 Å². The molecule has 2 rings (SSSR count). The molecule has 0 saturated heterocycles. The first-order chi connectivity index (χ1) is 10.4. The predicted molar refractivity (Wildman–Crippen MR) is 76.6 cm³/mol. The van der Waals surface area contributed by atoms with E-state index in [1.807, 2.05) is 0 Å². The molecule has 8 heteroatoms. The molecule has 8 nitrogen and oxygen atoms in total. The summed E-state index contributed by atoms with van der Waals surface area (Å²) in [5.41, 5.74) is 0.121. The standard InChI is InChI=1S/C14H16N2O6/c1-8(22-14(18)9-3-4-9)13(17)15-11-6-5-10(16(19)20)7-12(11)21-2/h5-9H,3-4H2,1-2H3,(H,15,17)/t8-/m0/s1. The SMILES string of the molecule is COc1cc([N+](=O)[O-])ccc1NC(=O)[C@H](C)OC(=O)C1CC1. The molecule has 1 fully saturated rings. The molecule has 0 bridgehead atoms. The number of nitro groups is 1. The van der Waals surface area contributed by atoms with Gasteiger partial charge >= 0.3 is 5.97 Å². The fourth-order valence-electron chi connectivity index (χ4n) is 1.77. The number of amides is 1. The van der Waals surface area contributed by atoms with Crippen molar-refractivity contribution in [1.82, 2.24) is 0 Å². The predicted octanol–water partition coefficient (Wildman–Crippen LogP) is 1.88. The van der Waals surface area contributed by atoms with Crippen molar-refractivity contribution in [2.45, 2.75) is 25.9 Å². The average molecular weight is 308 g/mol. The first kappa shape index (κ1) is 15.7. The van der Waals surface area contributed by atoms with Crippen molar-refractivity contribution in [1.29, 1.82) is 0 Å². The number of carbonyl (C=O) groups is 2. The molecule has 0 spiro atoms. The number of nitro benzene ring substituents is 1. The van der Waals surface area contributed by atoms with Crippen LogP contribution in [0.1, 0.15) is 19.8 Å². The number of nitrogens with one attached hydrogen (secondary N) is 1. The topological polar surface area (TPSA) is 108 Å². The minimum atomic E-state index is -0.951. The smallest absolute Gasteiger partial charge is 0.309 e. The van der Waals surface area contributed by atoms with Crippen LogP contribution in [-0.4, -0.2) is 30.0 Å². The second-order valence-corrected chi connectivity index (χ2v) is 4.98. The maximum atomic E-state index is 12.0. The Bertz CT molecular complexity index is 611. The fourth-order valence-corrected chi connectivity index (χ4v) is 1.77. The number of esters is 1. The Morgan fingerprint density at radius 1 is 1.41 bits per heavy atom. The van der Waals surface area contributed by atoms with E-state index in [9.17, 15) is 19.7 Å². The normalized spacial score (nSPS) is 14.8. The number of nitrogens with zero attached hydrogens (tertiary/aromatic N) is 1. The third kappa shape index (κ3) is 3.72. The van der Waals surface area contributed by atoms with E-state index in [0.29, 0.717) is 0 Å². The molecule has 118 valence electrons.